The molecule has 3 fully saturated rings. The quantitative estimate of drug-likeness (QED) is 0.603. The molecule has 1 saturated heterocycles. The highest BCUT2D eigenvalue weighted by Crippen LogP contribution is 2.51. The minimum Gasteiger partial charge on any atom is -0.476 e. The Morgan fingerprint density at radius 1 is 1.15 bits per heavy atom. The smallest absolute Gasteiger partial charge is 0.233 e. The number of ether oxygens (including phenoxy) is 1. The van der Waals surface area contributed by atoms with Gasteiger partial charge in [0.2, 0.25) is 5.88 Å². The summed E-state index contributed by atoms with van der Waals surface area (Å²) in [6, 6.07) is 3.93. The molecule has 0 N–H and O–H groups in total. The van der Waals surface area contributed by atoms with Gasteiger partial charge in [0.15, 0.2) is 0 Å². The van der Waals surface area contributed by atoms with Crippen LogP contribution in [-0.4, -0.2) is 51.1 Å². The van der Waals surface area contributed by atoms with Crippen LogP contribution in [0.1, 0.15) is 51.0 Å². The first-order valence-corrected chi connectivity index (χ1v) is 12.8. The number of nitrogens with zero attached hydrogens (tertiary/aromatic N) is 5. The monoisotopic (exact) mass is 447 g/mol. The molecule has 3 heterocycles. The van der Waals surface area contributed by atoms with E-state index >= 15 is 0 Å². The van der Waals surface area contributed by atoms with E-state index in [0.717, 1.165) is 41.3 Å². The molecule has 2 aromatic rings. The van der Waals surface area contributed by atoms with E-state index in [1.165, 1.54) is 58.2 Å². The van der Waals surface area contributed by atoms with Gasteiger partial charge >= 0.3 is 0 Å². The van der Waals surface area contributed by atoms with Crippen LogP contribution in [0.15, 0.2) is 30.0 Å². The zero-order valence-corrected chi connectivity index (χ0v) is 20.3. The van der Waals surface area contributed by atoms with Crippen molar-refractivity contribution in [2.24, 2.45) is 36.1 Å². The zero-order valence-electron chi connectivity index (χ0n) is 20.3. The van der Waals surface area contributed by atoms with E-state index in [-0.39, 0.29) is 0 Å². The Labute approximate surface area is 197 Å². The Kier molecular flexibility index (Phi) is 5.32. The van der Waals surface area contributed by atoms with E-state index in [2.05, 4.69) is 33.2 Å². The van der Waals surface area contributed by atoms with Gasteiger partial charge in [-0.2, -0.15) is 5.10 Å². The third-order valence-electron chi connectivity index (χ3n) is 8.77. The topological polar surface area (TPSA) is 56.1 Å². The van der Waals surface area contributed by atoms with E-state index in [1.54, 1.807) is 5.57 Å². The van der Waals surface area contributed by atoms with Crippen LogP contribution >= 0.6 is 0 Å². The molecule has 2 aromatic heterocycles. The molecule has 0 aromatic carbocycles. The first-order chi connectivity index (χ1) is 16.0. The van der Waals surface area contributed by atoms with Gasteiger partial charge < -0.3 is 9.64 Å². The van der Waals surface area contributed by atoms with Crippen molar-refractivity contribution in [2.75, 3.05) is 26.2 Å². The second kappa shape index (κ2) is 8.23. The highest BCUT2D eigenvalue weighted by molar-refractivity contribution is 5.58. The molecule has 5 atom stereocenters. The van der Waals surface area contributed by atoms with Crippen LogP contribution in [0.25, 0.3) is 11.4 Å². The average molecular weight is 448 g/mol. The van der Waals surface area contributed by atoms with Gasteiger partial charge in [0.25, 0.3) is 0 Å². The van der Waals surface area contributed by atoms with Crippen molar-refractivity contribution in [3.05, 3.63) is 35.5 Å². The molecule has 2 bridgehead atoms. The number of hydrogen-bond donors (Lipinski definition) is 0. The van der Waals surface area contributed by atoms with Crippen molar-refractivity contribution < 1.29 is 4.74 Å². The van der Waals surface area contributed by atoms with Crippen molar-refractivity contribution in [1.29, 1.82) is 0 Å². The molecule has 1 aliphatic heterocycles. The maximum absolute atomic E-state index is 6.07. The lowest BCUT2D eigenvalue weighted by Crippen LogP contribution is -2.38. The SMILES string of the molecule is Cc1cnn(C)c1-c1ccc(OCC2C[C@@H]3CN(CC45CC=C(CC(C)C4)C5)C[C@@H]3C2)nn1. The van der Waals surface area contributed by atoms with Crippen molar-refractivity contribution in [3.8, 4) is 17.3 Å². The number of likely N-dealkylation sites (tertiary alicyclic amines) is 1. The molecule has 33 heavy (non-hydrogen) atoms. The molecular weight excluding hydrogens is 410 g/mol. The minimum atomic E-state index is 0.562. The van der Waals surface area contributed by atoms with E-state index in [0.29, 0.717) is 17.2 Å². The van der Waals surface area contributed by atoms with E-state index in [9.17, 15) is 0 Å². The first kappa shape index (κ1) is 21.3. The van der Waals surface area contributed by atoms with Gasteiger partial charge in [0, 0.05) is 32.7 Å². The number of aromatic nitrogens is 4. The van der Waals surface area contributed by atoms with Crippen LogP contribution < -0.4 is 4.74 Å². The lowest BCUT2D eigenvalue weighted by atomic mass is 9.71. The summed E-state index contributed by atoms with van der Waals surface area (Å²) in [4.78, 5) is 2.81. The maximum atomic E-state index is 6.07. The predicted molar refractivity (Wildman–Crippen MR) is 129 cm³/mol. The van der Waals surface area contributed by atoms with Gasteiger partial charge in [0.1, 0.15) is 5.69 Å². The summed E-state index contributed by atoms with van der Waals surface area (Å²) in [6.45, 7) is 9.18. The molecule has 6 rings (SSSR count). The number of aryl methyl sites for hydroxylation is 2. The van der Waals surface area contributed by atoms with Crippen LogP contribution in [0.3, 0.4) is 0 Å². The summed E-state index contributed by atoms with van der Waals surface area (Å²) in [5.41, 5.74) is 5.26. The fourth-order valence-corrected chi connectivity index (χ4v) is 7.65. The van der Waals surface area contributed by atoms with Crippen molar-refractivity contribution in [2.45, 2.75) is 52.4 Å². The van der Waals surface area contributed by atoms with Crippen LogP contribution in [-0.2, 0) is 7.05 Å². The second-order valence-electron chi connectivity index (χ2n) is 11.7. The molecule has 3 aliphatic carbocycles. The van der Waals surface area contributed by atoms with Gasteiger partial charge in [-0.1, -0.05) is 18.6 Å². The van der Waals surface area contributed by atoms with Crippen molar-refractivity contribution >= 4 is 0 Å². The van der Waals surface area contributed by atoms with Crippen molar-refractivity contribution in [3.63, 3.8) is 0 Å². The third kappa shape index (κ3) is 4.11. The van der Waals surface area contributed by atoms with Crippen LogP contribution in [0, 0.1) is 36.0 Å². The van der Waals surface area contributed by atoms with Crippen molar-refractivity contribution in [1.82, 2.24) is 24.9 Å². The van der Waals surface area contributed by atoms with Crippen LogP contribution in [0.4, 0.5) is 0 Å². The summed E-state index contributed by atoms with van der Waals surface area (Å²) < 4.78 is 7.91. The Bertz CT molecular complexity index is 1010. The summed E-state index contributed by atoms with van der Waals surface area (Å²) >= 11 is 0. The molecular formula is C27H37N5O. The predicted octanol–water partition coefficient (Wildman–Crippen LogP) is 4.66. The molecule has 0 radical (unpaired) electrons. The summed E-state index contributed by atoms with van der Waals surface area (Å²) in [7, 11) is 1.93. The molecule has 2 saturated carbocycles. The van der Waals surface area contributed by atoms with Gasteiger partial charge in [-0.25, -0.2) is 0 Å². The molecule has 4 aliphatic rings. The Morgan fingerprint density at radius 2 is 1.97 bits per heavy atom. The number of fused-ring (bicyclic) bond motifs is 3. The Hall–Kier alpha value is -2.21. The third-order valence-corrected chi connectivity index (χ3v) is 8.77. The maximum Gasteiger partial charge on any atom is 0.233 e. The normalized spacial score (nSPS) is 33.4. The highest BCUT2D eigenvalue weighted by atomic mass is 16.5. The lowest BCUT2D eigenvalue weighted by Gasteiger charge is -2.39. The Balaban J connectivity index is 0.992. The van der Waals surface area contributed by atoms with Gasteiger partial charge in [-0.05, 0) is 86.2 Å². The van der Waals surface area contributed by atoms with E-state index in [1.807, 2.05) is 37.0 Å². The fourth-order valence-electron chi connectivity index (χ4n) is 7.65. The molecule has 3 unspecified atom stereocenters. The van der Waals surface area contributed by atoms with Gasteiger partial charge in [0.05, 0.1) is 18.5 Å². The van der Waals surface area contributed by atoms with Gasteiger partial charge in [-0.15, -0.1) is 10.2 Å². The molecule has 6 heteroatoms. The zero-order chi connectivity index (χ0) is 22.6. The summed E-state index contributed by atoms with van der Waals surface area (Å²) in [6.07, 6.45) is 12.5. The lowest BCUT2D eigenvalue weighted by molar-refractivity contribution is 0.124. The average Bonchev–Trinajstić information content (AvgIpc) is 3.50. The van der Waals surface area contributed by atoms with Gasteiger partial charge in [-0.3, -0.25) is 4.68 Å². The largest absolute Gasteiger partial charge is 0.476 e. The molecule has 0 spiro atoms. The molecule has 6 nitrogen and oxygen atoms in total. The first-order valence-electron chi connectivity index (χ1n) is 12.8. The number of hydrogen-bond acceptors (Lipinski definition) is 5. The number of rotatable bonds is 6. The standard InChI is InChI=1S/C27H37N5O/c1-18-8-20-6-7-27(11-18,12-20)17-32-14-22-9-21(10-23(22)15-32)16-33-25-5-4-24(29-30-25)26-19(2)13-28-31(26)3/h4-6,13,18,21-23H,7-12,14-17H2,1-3H3/t18?,21?,22-,23+,27?. The Morgan fingerprint density at radius 3 is 2.67 bits per heavy atom. The fraction of sp³-hybridized carbons (Fsp3) is 0.667. The van der Waals surface area contributed by atoms with Crippen LogP contribution in [0.2, 0.25) is 0 Å². The van der Waals surface area contributed by atoms with E-state index in [4.69, 9.17) is 4.74 Å². The molecule has 176 valence electrons. The minimum absolute atomic E-state index is 0.562. The highest BCUT2D eigenvalue weighted by Gasteiger charge is 2.46. The molecule has 0 amide bonds. The van der Waals surface area contributed by atoms with Crippen LogP contribution in [0.5, 0.6) is 5.88 Å². The van der Waals surface area contributed by atoms with E-state index < -0.39 is 0 Å². The summed E-state index contributed by atoms with van der Waals surface area (Å²) in [5.74, 6) is 3.86. The number of allylic oxidation sites excluding steroid dienone is 2. The summed E-state index contributed by atoms with van der Waals surface area (Å²) in [5, 5.41) is 13.0. The second-order valence-corrected chi connectivity index (χ2v) is 11.7.